The minimum absolute atomic E-state index is 0.202. The molecule has 4 heterocycles. The van der Waals surface area contributed by atoms with Crippen molar-refractivity contribution >= 4 is 50.5 Å². The van der Waals surface area contributed by atoms with Gasteiger partial charge in [0.15, 0.2) is 12.2 Å². The van der Waals surface area contributed by atoms with E-state index < -0.39 is 14.0 Å². The zero-order valence-electron chi connectivity index (χ0n) is 76.4. The number of carboxylic acids is 1. The molecule has 36 nitrogen and oxygen atoms in total. The summed E-state index contributed by atoms with van der Waals surface area (Å²) in [5.74, 6) is 4.47. The van der Waals surface area contributed by atoms with Gasteiger partial charge >= 0.3 is 18.0 Å². The van der Waals surface area contributed by atoms with Crippen molar-refractivity contribution in [3.8, 4) is 35.1 Å². The number of alkyl carbamates (subject to hydrolysis) is 1. The quantitative estimate of drug-likeness (QED) is 0.00469. The van der Waals surface area contributed by atoms with Crippen LogP contribution in [0.15, 0.2) is 89.4 Å². The number of esters is 1. The van der Waals surface area contributed by atoms with E-state index in [-0.39, 0.29) is 30.3 Å². The Morgan fingerprint density at radius 2 is 1.07 bits per heavy atom. The van der Waals surface area contributed by atoms with E-state index in [1.807, 2.05) is 55.5 Å². The molecule has 694 valence electrons. The summed E-state index contributed by atoms with van der Waals surface area (Å²) in [6, 6.07) is 15.6. The second-order valence-electron chi connectivity index (χ2n) is 25.8. The fourth-order valence-corrected chi connectivity index (χ4v) is 10.9. The first kappa shape index (κ1) is 124. The monoisotopic (exact) mass is 1760 g/mol. The number of carbonyl (C=O) groups excluding carboxylic acids is 4. The molecule has 0 bridgehead atoms. The van der Waals surface area contributed by atoms with Crippen molar-refractivity contribution in [1.82, 2.24) is 51.0 Å². The van der Waals surface area contributed by atoms with Crippen LogP contribution < -0.4 is 22.5 Å². The number of rotatable bonds is 39. The Balaban J connectivity index is -0.000000300. The fraction of sp³-hybridized carbons (Fsp3) is 0.651. The number of aryl methyl sites for hydroxylation is 1. The number of terminal acetylenes is 1. The van der Waals surface area contributed by atoms with Crippen LogP contribution in [0.2, 0.25) is 19.6 Å². The lowest BCUT2D eigenvalue weighted by molar-refractivity contribution is -0.138. The number of nitrogens with zero attached hydrogens (tertiary/aromatic N) is 9. The predicted molar refractivity (Wildman–Crippen MR) is 474 cm³/mol. The Morgan fingerprint density at radius 1 is 0.595 bits per heavy atom. The number of unbranched alkanes of at least 4 members (excludes halogenated alkanes) is 1. The largest absolute Gasteiger partial charge is 0.481 e. The summed E-state index contributed by atoms with van der Waals surface area (Å²) >= 11 is 3.88. The van der Waals surface area contributed by atoms with Crippen LogP contribution >= 0.6 is 12.6 Å². The third-order valence-corrected chi connectivity index (χ3v) is 17.2. The van der Waals surface area contributed by atoms with Crippen LogP contribution in [0, 0.1) is 31.1 Å². The van der Waals surface area contributed by atoms with Crippen molar-refractivity contribution in [2.45, 2.75) is 112 Å². The SMILES string of the molecule is C#CCCOC.CCCCOC.COC(C)=O.COC1COC1.COCC1C(C)=C1[Si](C)(C)C.COCCCC(=O)O.COCCCN.COCCN.COCCN1C(=O)C=CC1=O.COCCNC(=O)OCC1C=C1C.COCCOCCN.COCCS.COCc1ccc(-c2nnc(C)nn2)cc1.COCc1ccc(-c2nncnn2)cc1. The molecule has 8 rings (SSSR count). The molecule has 1 fully saturated rings. The van der Waals surface area contributed by atoms with Gasteiger partial charge in [-0.15, -0.1) is 53.1 Å². The van der Waals surface area contributed by atoms with E-state index in [1.165, 1.54) is 58.0 Å². The topological polar surface area (TPSA) is 459 Å². The van der Waals surface area contributed by atoms with Gasteiger partial charge < -0.3 is 108 Å². The van der Waals surface area contributed by atoms with Crippen LogP contribution in [0.5, 0.6) is 0 Å². The average molecular weight is 1760 g/mol. The Labute approximate surface area is 727 Å². The maximum atomic E-state index is 10.9. The number of hydrogen-bond acceptors (Lipinski definition) is 34. The summed E-state index contributed by atoms with van der Waals surface area (Å²) in [5.41, 5.74) is 22.2. The third-order valence-electron chi connectivity index (χ3n) is 14.7. The minimum atomic E-state index is -0.987. The molecule has 0 saturated carbocycles. The second-order valence-corrected chi connectivity index (χ2v) is 31.3. The minimum Gasteiger partial charge on any atom is -0.481 e. The normalized spacial score (nSPS) is 13.1. The zero-order chi connectivity index (χ0) is 92.6. The highest BCUT2D eigenvalue weighted by Crippen LogP contribution is 2.44. The van der Waals surface area contributed by atoms with E-state index in [1.54, 1.807) is 103 Å². The van der Waals surface area contributed by atoms with E-state index in [0.29, 0.717) is 141 Å². The van der Waals surface area contributed by atoms with E-state index >= 15 is 0 Å². The van der Waals surface area contributed by atoms with E-state index in [0.717, 1.165) is 91.9 Å². The molecule has 3 amide bonds. The van der Waals surface area contributed by atoms with Gasteiger partial charge in [0.1, 0.15) is 12.7 Å². The molecule has 4 aromatic rings. The van der Waals surface area contributed by atoms with Gasteiger partial charge in [-0.2, -0.15) is 12.6 Å². The maximum Gasteiger partial charge on any atom is 0.407 e. The molecule has 2 unspecified atom stereocenters. The summed E-state index contributed by atoms with van der Waals surface area (Å²) in [6.45, 7) is 30.8. The lowest BCUT2D eigenvalue weighted by Crippen LogP contribution is -2.34. The van der Waals surface area contributed by atoms with E-state index in [2.05, 4.69) is 128 Å². The first-order valence-electron chi connectivity index (χ1n) is 39.2. The lowest BCUT2D eigenvalue weighted by Gasteiger charge is -2.23. The molecule has 2 aliphatic carbocycles. The number of hydrogen-bond donors (Lipinski definition) is 6. The van der Waals surface area contributed by atoms with Gasteiger partial charge in [-0.1, -0.05) is 104 Å². The summed E-state index contributed by atoms with van der Waals surface area (Å²) < 4.78 is 81.0. The molecule has 0 spiro atoms. The standard InChI is InChI=1S/C11H12N4O.C10H10N4O.C9H15NO3.C9H18OSi.C7H9NO3.C5H13NO2.C5H10O3.C5H12O.C5H8O.C4H11NO.C4H8O2.C3H9NO.C3H6O2.C3H8OS/c1-8-12-14-11(15-13-8)10-5-3-9(4-6-10)7-16-2;1-15-6-8-2-4-9(5-3-8)10-13-11-7-12-14-10;1-7-5-8(7)6-13-9(11)10-3-4-12-2;1-7-8(6-10-2)9(7)11(3,4)5;1-11-5-4-8-6(9)2-3-7(8)10;1-7-4-5-8-3-2-6;1-8-4-2-3-5(6)7;2*1-3-4-5-6-2;1-6-4-2-3-5;1-5-4-2-6-3-4;1-5-3-2-4;1-3(4)5-2;1-4-2-3-5/h3-6H,7H2,1-2H3;2-5,7H,6H2,1H3;5,8H,3-4,6H2,1-2H3,(H,10,11);8H,6H2,1-5H3;2-3H,4-5H2,1H3;2-6H2,1H3;2-4H2,1H3,(H,6,7);3-5H2,1-2H3;1H,4-5H2,2H3;2-5H2,1H3;4H,2-3H2,1H3;2-4H2,1H3;1-2H3;5H,2-3H2,1H3. The number of ether oxygens (including phenoxy) is 17. The first-order valence-corrected chi connectivity index (χ1v) is 43.3. The number of nitrogens with two attached hydrogens (primary N) is 3. The van der Waals surface area contributed by atoms with Gasteiger partial charge in [-0.25, -0.2) is 4.79 Å². The van der Waals surface area contributed by atoms with Gasteiger partial charge in [-0.05, 0) is 57.7 Å². The van der Waals surface area contributed by atoms with E-state index in [4.69, 9.17) is 85.6 Å². The van der Waals surface area contributed by atoms with Crippen molar-refractivity contribution in [3.63, 3.8) is 0 Å². The van der Waals surface area contributed by atoms with Crippen LogP contribution in [0.3, 0.4) is 0 Å². The van der Waals surface area contributed by atoms with Crippen LogP contribution in [-0.2, 0) is 113 Å². The average Bonchev–Trinajstić information content (AvgIpc) is 1.61. The van der Waals surface area contributed by atoms with Gasteiger partial charge in [-0.3, -0.25) is 24.1 Å². The van der Waals surface area contributed by atoms with Crippen molar-refractivity contribution in [2.24, 2.45) is 29.0 Å². The zero-order valence-corrected chi connectivity index (χ0v) is 78.3. The summed E-state index contributed by atoms with van der Waals surface area (Å²) in [7, 11) is 21.8. The van der Waals surface area contributed by atoms with Crippen molar-refractivity contribution < 1.29 is 110 Å². The number of carbonyl (C=O) groups is 5. The number of methoxy groups -OCH3 is 14. The molecular formula is C83H149N13O23SSi. The summed E-state index contributed by atoms with van der Waals surface area (Å²) in [6.07, 6.45) is 15.7. The Bertz CT molecular complexity index is 3140. The highest BCUT2D eigenvalue weighted by atomic mass is 32.1. The molecule has 2 aliphatic heterocycles. The van der Waals surface area contributed by atoms with Crippen LogP contribution in [0.1, 0.15) is 83.2 Å². The molecule has 2 atom stereocenters. The second kappa shape index (κ2) is 91.5. The highest BCUT2D eigenvalue weighted by Gasteiger charge is 2.40. The molecule has 8 N–H and O–H groups in total. The van der Waals surface area contributed by atoms with Crippen LogP contribution in [0.4, 0.5) is 4.79 Å². The fourth-order valence-electron chi connectivity index (χ4n) is 8.12. The van der Waals surface area contributed by atoms with Crippen LogP contribution in [0.25, 0.3) is 22.8 Å². The molecule has 4 aliphatic rings. The van der Waals surface area contributed by atoms with E-state index in [9.17, 15) is 24.0 Å². The highest BCUT2D eigenvalue weighted by molar-refractivity contribution is 7.80. The van der Waals surface area contributed by atoms with Crippen molar-refractivity contribution in [3.05, 3.63) is 106 Å². The molecule has 38 heteroatoms. The molecular weight excluding hydrogens is 1610 g/mol. The number of nitrogens with one attached hydrogen (secondary N) is 1. The Hall–Kier alpha value is -7.70. The molecule has 0 radical (unpaired) electrons. The number of imide groups is 1. The molecule has 121 heavy (non-hydrogen) atoms. The number of benzene rings is 2. The Morgan fingerprint density at radius 3 is 1.38 bits per heavy atom. The summed E-state index contributed by atoms with van der Waals surface area (Å²) in [4.78, 5) is 53.2. The summed E-state index contributed by atoms with van der Waals surface area (Å²) in [5, 5.41) is 43.1. The Kier molecular flexibility index (Phi) is 93.8. The maximum absolute atomic E-state index is 10.9. The van der Waals surface area contributed by atoms with Gasteiger partial charge in [0, 0.05) is 193 Å². The van der Waals surface area contributed by atoms with Gasteiger partial charge in [0.05, 0.1) is 108 Å². The van der Waals surface area contributed by atoms with Gasteiger partial charge in [0.25, 0.3) is 11.8 Å². The van der Waals surface area contributed by atoms with Crippen molar-refractivity contribution in [1.29, 1.82) is 0 Å². The lowest BCUT2D eigenvalue weighted by atomic mass is 10.1. The number of aromatic nitrogens is 8. The smallest absolute Gasteiger partial charge is 0.407 e. The third kappa shape index (κ3) is 81.7. The molecule has 2 aromatic carbocycles. The van der Waals surface area contributed by atoms with Crippen molar-refractivity contribution in [2.75, 3.05) is 237 Å². The first-order chi connectivity index (χ1) is 58.1. The number of carboxylic acid groups (broad SMARTS) is 1. The predicted octanol–water partition coefficient (Wildman–Crippen LogP) is 7.96. The number of amides is 3. The molecule has 2 aromatic heterocycles. The van der Waals surface area contributed by atoms with Crippen LogP contribution in [-0.4, -0.2) is 332 Å². The number of thiol groups is 1. The van der Waals surface area contributed by atoms with Gasteiger partial charge in [0.2, 0.25) is 11.6 Å². The number of aliphatic carboxylic acids is 1. The molecule has 1 saturated heterocycles.